The maximum absolute atomic E-state index is 12.2. The number of hydrogen-bond acceptors (Lipinski definition) is 2. The van der Waals surface area contributed by atoms with E-state index >= 15 is 0 Å². The van der Waals surface area contributed by atoms with Crippen LogP contribution in [-0.2, 0) is 6.42 Å². The van der Waals surface area contributed by atoms with Crippen molar-refractivity contribution in [2.24, 2.45) is 0 Å². The normalized spacial score (nSPS) is 12.0. The first-order valence-electron chi connectivity index (χ1n) is 6.87. The minimum Gasteiger partial charge on any atom is -0.398 e. The number of benzene rings is 2. The molecule has 0 aliphatic heterocycles. The number of nitrogen functional groups attached to an aromatic ring is 1. The van der Waals surface area contributed by atoms with Gasteiger partial charge in [0.15, 0.2) is 0 Å². The van der Waals surface area contributed by atoms with Crippen LogP contribution < -0.4 is 11.1 Å². The van der Waals surface area contributed by atoms with Crippen LogP contribution in [0.5, 0.6) is 0 Å². The highest BCUT2D eigenvalue weighted by atomic mass is 35.5. The van der Waals surface area contributed by atoms with Crippen molar-refractivity contribution in [1.29, 1.82) is 0 Å². The van der Waals surface area contributed by atoms with E-state index in [-0.39, 0.29) is 11.9 Å². The number of aryl methyl sites for hydroxylation is 1. The van der Waals surface area contributed by atoms with E-state index in [1.807, 2.05) is 19.1 Å². The number of carbonyl (C=O) groups is 1. The van der Waals surface area contributed by atoms with Gasteiger partial charge in [0.05, 0.1) is 10.7 Å². The van der Waals surface area contributed by atoms with Gasteiger partial charge >= 0.3 is 0 Å². The molecular weight excluding hydrogens is 284 g/mol. The van der Waals surface area contributed by atoms with Crippen molar-refractivity contribution in [3.05, 3.63) is 64.2 Å². The van der Waals surface area contributed by atoms with Crippen molar-refractivity contribution in [3.63, 3.8) is 0 Å². The van der Waals surface area contributed by atoms with E-state index in [9.17, 15) is 4.79 Å². The minimum atomic E-state index is -0.139. The van der Waals surface area contributed by atoms with E-state index < -0.39 is 0 Å². The van der Waals surface area contributed by atoms with E-state index in [1.54, 1.807) is 18.2 Å². The first-order chi connectivity index (χ1) is 9.97. The van der Waals surface area contributed by atoms with Crippen LogP contribution in [0.15, 0.2) is 42.5 Å². The Morgan fingerprint density at radius 3 is 2.67 bits per heavy atom. The van der Waals surface area contributed by atoms with Crippen molar-refractivity contribution >= 4 is 23.2 Å². The Hall–Kier alpha value is -2.00. The van der Waals surface area contributed by atoms with Crippen LogP contribution in [0, 0.1) is 6.92 Å². The molecule has 2 aromatic carbocycles. The second-order valence-electron chi connectivity index (χ2n) is 5.24. The molecule has 2 rings (SSSR count). The molecule has 110 valence electrons. The minimum absolute atomic E-state index is 0.0375. The van der Waals surface area contributed by atoms with Gasteiger partial charge in [-0.05, 0) is 49.6 Å². The van der Waals surface area contributed by atoms with Gasteiger partial charge in [-0.1, -0.05) is 35.9 Å². The fraction of sp³-hybridized carbons (Fsp3) is 0.235. The van der Waals surface area contributed by atoms with Crippen molar-refractivity contribution in [1.82, 2.24) is 5.32 Å². The average Bonchev–Trinajstić information content (AvgIpc) is 2.44. The molecule has 0 radical (unpaired) electrons. The summed E-state index contributed by atoms with van der Waals surface area (Å²) in [6.45, 7) is 4.06. The van der Waals surface area contributed by atoms with Gasteiger partial charge < -0.3 is 11.1 Å². The number of hydrogen-bond donors (Lipinski definition) is 2. The van der Waals surface area contributed by atoms with Gasteiger partial charge in [-0.15, -0.1) is 0 Å². The molecule has 0 spiro atoms. The summed E-state index contributed by atoms with van der Waals surface area (Å²) in [7, 11) is 0. The van der Waals surface area contributed by atoms with E-state index in [2.05, 4.69) is 24.4 Å². The number of anilines is 1. The van der Waals surface area contributed by atoms with Crippen molar-refractivity contribution < 1.29 is 4.79 Å². The molecule has 3 nitrogen and oxygen atoms in total. The molecule has 21 heavy (non-hydrogen) atoms. The van der Waals surface area contributed by atoms with E-state index in [0.29, 0.717) is 16.3 Å². The number of rotatable bonds is 4. The van der Waals surface area contributed by atoms with Crippen molar-refractivity contribution in [3.8, 4) is 0 Å². The van der Waals surface area contributed by atoms with Crippen molar-refractivity contribution in [2.75, 3.05) is 5.73 Å². The standard InChI is InChI=1S/C17H19ClN2O/c1-11-5-3-4-6-13(11)9-12(2)20-17(21)14-7-8-15(18)16(19)10-14/h3-8,10,12H,9,19H2,1-2H3,(H,20,21). The van der Waals surface area contributed by atoms with Crippen LogP contribution in [0.25, 0.3) is 0 Å². The molecular formula is C17H19ClN2O. The van der Waals surface area contributed by atoms with Crippen LogP contribution in [0.3, 0.4) is 0 Å². The maximum atomic E-state index is 12.2. The first-order valence-corrected chi connectivity index (χ1v) is 7.25. The van der Waals surface area contributed by atoms with Crippen LogP contribution in [-0.4, -0.2) is 11.9 Å². The summed E-state index contributed by atoms with van der Waals surface area (Å²) in [5.41, 5.74) is 9.12. The quantitative estimate of drug-likeness (QED) is 0.848. The highest BCUT2D eigenvalue weighted by Crippen LogP contribution is 2.19. The fourth-order valence-electron chi connectivity index (χ4n) is 2.21. The third kappa shape index (κ3) is 3.99. The molecule has 0 saturated carbocycles. The van der Waals surface area contributed by atoms with E-state index in [0.717, 1.165) is 6.42 Å². The summed E-state index contributed by atoms with van der Waals surface area (Å²) in [6.07, 6.45) is 0.793. The van der Waals surface area contributed by atoms with Gasteiger partial charge in [0.1, 0.15) is 0 Å². The molecule has 0 aliphatic rings. The van der Waals surface area contributed by atoms with Gasteiger partial charge in [0.2, 0.25) is 0 Å². The number of halogens is 1. The topological polar surface area (TPSA) is 55.1 Å². The largest absolute Gasteiger partial charge is 0.398 e. The molecule has 4 heteroatoms. The molecule has 0 heterocycles. The Kier molecular flexibility index (Phi) is 4.86. The summed E-state index contributed by atoms with van der Waals surface area (Å²) in [6, 6.07) is 13.1. The number of carbonyl (C=O) groups excluding carboxylic acids is 1. The summed E-state index contributed by atoms with van der Waals surface area (Å²) < 4.78 is 0. The van der Waals surface area contributed by atoms with Gasteiger partial charge in [0, 0.05) is 11.6 Å². The zero-order valence-corrected chi connectivity index (χ0v) is 12.9. The molecule has 3 N–H and O–H groups in total. The predicted octanol–water partition coefficient (Wildman–Crippen LogP) is 3.59. The second-order valence-corrected chi connectivity index (χ2v) is 5.65. The summed E-state index contributed by atoms with van der Waals surface area (Å²) >= 11 is 5.86. The SMILES string of the molecule is Cc1ccccc1CC(C)NC(=O)c1ccc(Cl)c(N)c1. The smallest absolute Gasteiger partial charge is 0.251 e. The lowest BCUT2D eigenvalue weighted by Crippen LogP contribution is -2.34. The predicted molar refractivity (Wildman–Crippen MR) is 87.7 cm³/mol. The third-order valence-corrected chi connectivity index (χ3v) is 3.77. The average molecular weight is 303 g/mol. The Morgan fingerprint density at radius 1 is 1.29 bits per heavy atom. The number of nitrogens with two attached hydrogens (primary N) is 1. The Balaban J connectivity index is 2.02. The van der Waals surface area contributed by atoms with Gasteiger partial charge in [-0.25, -0.2) is 0 Å². The van der Waals surface area contributed by atoms with Gasteiger partial charge in [-0.2, -0.15) is 0 Å². The Morgan fingerprint density at radius 2 is 2.00 bits per heavy atom. The molecule has 0 aliphatic carbocycles. The molecule has 0 bridgehead atoms. The monoisotopic (exact) mass is 302 g/mol. The molecule has 0 aromatic heterocycles. The molecule has 2 aromatic rings. The first kappa shape index (κ1) is 15.4. The zero-order valence-electron chi connectivity index (χ0n) is 12.2. The lowest BCUT2D eigenvalue weighted by Gasteiger charge is -2.15. The van der Waals surface area contributed by atoms with Crippen LogP contribution in [0.2, 0.25) is 5.02 Å². The zero-order chi connectivity index (χ0) is 15.4. The third-order valence-electron chi connectivity index (χ3n) is 3.42. The van der Waals surface area contributed by atoms with Gasteiger partial charge in [-0.3, -0.25) is 4.79 Å². The lowest BCUT2D eigenvalue weighted by atomic mass is 10.0. The highest BCUT2D eigenvalue weighted by molar-refractivity contribution is 6.33. The lowest BCUT2D eigenvalue weighted by molar-refractivity contribution is 0.0940. The molecule has 1 atom stereocenters. The Labute approximate surface area is 130 Å². The molecule has 0 saturated heterocycles. The fourth-order valence-corrected chi connectivity index (χ4v) is 2.33. The molecule has 1 amide bonds. The highest BCUT2D eigenvalue weighted by Gasteiger charge is 2.12. The molecule has 0 fully saturated rings. The van der Waals surface area contributed by atoms with Gasteiger partial charge in [0.25, 0.3) is 5.91 Å². The second kappa shape index (κ2) is 6.64. The number of amides is 1. The summed E-state index contributed by atoms with van der Waals surface area (Å²) in [5.74, 6) is -0.139. The number of nitrogens with one attached hydrogen (secondary N) is 1. The summed E-state index contributed by atoms with van der Waals surface area (Å²) in [4.78, 5) is 12.2. The van der Waals surface area contributed by atoms with Crippen LogP contribution in [0.1, 0.15) is 28.4 Å². The molecule has 1 unspecified atom stereocenters. The van der Waals surface area contributed by atoms with Crippen molar-refractivity contribution in [2.45, 2.75) is 26.3 Å². The van der Waals surface area contributed by atoms with Crippen LogP contribution in [0.4, 0.5) is 5.69 Å². The Bertz CT molecular complexity index is 655. The van der Waals surface area contributed by atoms with Crippen LogP contribution >= 0.6 is 11.6 Å². The van der Waals surface area contributed by atoms with E-state index in [4.69, 9.17) is 17.3 Å². The summed E-state index contributed by atoms with van der Waals surface area (Å²) in [5, 5.41) is 3.44. The van der Waals surface area contributed by atoms with E-state index in [1.165, 1.54) is 11.1 Å². The maximum Gasteiger partial charge on any atom is 0.251 e.